The Hall–Kier alpha value is -2.32. The van der Waals surface area contributed by atoms with Crippen molar-refractivity contribution in [3.63, 3.8) is 0 Å². The summed E-state index contributed by atoms with van der Waals surface area (Å²) in [5.41, 5.74) is -1.01. The van der Waals surface area contributed by atoms with Crippen molar-refractivity contribution in [2.24, 2.45) is 0 Å². The lowest BCUT2D eigenvalue weighted by atomic mass is 10.3. The number of H-pyrrole nitrogens is 1. The van der Waals surface area contributed by atoms with Crippen molar-refractivity contribution in [2.75, 3.05) is 6.54 Å². The molecule has 0 saturated carbocycles. The summed E-state index contributed by atoms with van der Waals surface area (Å²) in [6, 6.07) is 0.837. The van der Waals surface area contributed by atoms with Crippen molar-refractivity contribution in [1.82, 2.24) is 25.1 Å². The summed E-state index contributed by atoms with van der Waals surface area (Å²) < 4.78 is 38.0. The molecule has 0 spiro atoms. The number of hydrogen-bond donors (Lipinski definition) is 2. The SMILES string of the molecule is O=C(Cn1ccc(C(F)(F)F)n1)NCCCc1ncc[nH]1. The van der Waals surface area contributed by atoms with Crippen LogP contribution in [0, 0.1) is 0 Å². The number of alkyl halides is 3. The van der Waals surface area contributed by atoms with Crippen LogP contribution in [-0.2, 0) is 23.9 Å². The third kappa shape index (κ3) is 4.62. The van der Waals surface area contributed by atoms with Gasteiger partial charge in [0.15, 0.2) is 5.69 Å². The van der Waals surface area contributed by atoms with E-state index in [9.17, 15) is 18.0 Å². The molecule has 0 aliphatic rings. The molecule has 2 aromatic heterocycles. The van der Waals surface area contributed by atoms with Crippen LogP contribution in [0.25, 0.3) is 0 Å². The number of aromatic nitrogens is 4. The van der Waals surface area contributed by atoms with E-state index in [0.717, 1.165) is 22.8 Å². The molecule has 0 aliphatic carbocycles. The summed E-state index contributed by atoms with van der Waals surface area (Å²) >= 11 is 0. The molecule has 0 aliphatic heterocycles. The maximum Gasteiger partial charge on any atom is 0.435 e. The Balaban J connectivity index is 1.70. The third-order valence-electron chi connectivity index (χ3n) is 2.70. The van der Waals surface area contributed by atoms with Crippen LogP contribution < -0.4 is 5.32 Å². The van der Waals surface area contributed by atoms with E-state index >= 15 is 0 Å². The zero-order chi connectivity index (χ0) is 15.3. The highest BCUT2D eigenvalue weighted by Crippen LogP contribution is 2.27. The van der Waals surface area contributed by atoms with Crippen molar-refractivity contribution in [2.45, 2.75) is 25.6 Å². The Kier molecular flexibility index (Phi) is 4.61. The van der Waals surface area contributed by atoms with E-state index in [1.54, 1.807) is 12.4 Å². The van der Waals surface area contributed by atoms with E-state index in [-0.39, 0.29) is 12.5 Å². The fraction of sp³-hybridized carbons (Fsp3) is 0.417. The molecule has 9 heteroatoms. The topological polar surface area (TPSA) is 75.6 Å². The molecule has 6 nitrogen and oxygen atoms in total. The number of aromatic amines is 1. The molecule has 2 N–H and O–H groups in total. The molecule has 0 aromatic carbocycles. The van der Waals surface area contributed by atoms with E-state index in [1.807, 2.05) is 0 Å². The minimum Gasteiger partial charge on any atom is -0.354 e. The summed E-state index contributed by atoms with van der Waals surface area (Å²) in [6.45, 7) is 0.184. The molecule has 0 fully saturated rings. The minimum atomic E-state index is -4.50. The van der Waals surface area contributed by atoms with Crippen LogP contribution in [0.5, 0.6) is 0 Å². The average Bonchev–Trinajstić information content (AvgIpc) is 3.04. The summed E-state index contributed by atoms with van der Waals surface area (Å²) in [6.07, 6.45) is 1.36. The van der Waals surface area contributed by atoms with Gasteiger partial charge in [-0.25, -0.2) is 4.98 Å². The lowest BCUT2D eigenvalue weighted by Gasteiger charge is -2.05. The Labute approximate surface area is 118 Å². The van der Waals surface area contributed by atoms with Crippen LogP contribution in [0.2, 0.25) is 0 Å². The first-order valence-corrected chi connectivity index (χ1v) is 6.31. The van der Waals surface area contributed by atoms with Gasteiger partial charge in [0, 0.05) is 31.6 Å². The average molecular weight is 301 g/mol. The molecule has 21 heavy (non-hydrogen) atoms. The lowest BCUT2D eigenvalue weighted by Crippen LogP contribution is -2.29. The maximum absolute atomic E-state index is 12.3. The van der Waals surface area contributed by atoms with Crippen LogP contribution in [0.1, 0.15) is 17.9 Å². The third-order valence-corrected chi connectivity index (χ3v) is 2.70. The number of nitrogens with zero attached hydrogens (tertiary/aromatic N) is 3. The Bertz CT molecular complexity index is 576. The molecule has 0 atom stereocenters. The predicted octanol–water partition coefficient (Wildman–Crippen LogP) is 1.37. The van der Waals surface area contributed by atoms with Crippen molar-refractivity contribution in [3.05, 3.63) is 36.2 Å². The molecule has 2 heterocycles. The number of rotatable bonds is 6. The van der Waals surface area contributed by atoms with Crippen LogP contribution in [0.4, 0.5) is 13.2 Å². The normalized spacial score (nSPS) is 11.6. The maximum atomic E-state index is 12.3. The molecule has 1 amide bonds. The van der Waals surface area contributed by atoms with E-state index in [4.69, 9.17) is 0 Å². The van der Waals surface area contributed by atoms with Crippen molar-refractivity contribution < 1.29 is 18.0 Å². The predicted molar refractivity (Wildman–Crippen MR) is 67.1 cm³/mol. The number of carbonyl (C=O) groups excluding carboxylic acids is 1. The van der Waals surface area contributed by atoms with Gasteiger partial charge in [0.1, 0.15) is 12.4 Å². The van der Waals surface area contributed by atoms with E-state index < -0.39 is 11.9 Å². The number of nitrogens with one attached hydrogen (secondary N) is 2. The van der Waals surface area contributed by atoms with Crippen molar-refractivity contribution in [1.29, 1.82) is 0 Å². The molecule has 2 rings (SSSR count). The van der Waals surface area contributed by atoms with Crippen LogP contribution >= 0.6 is 0 Å². The highest BCUT2D eigenvalue weighted by atomic mass is 19.4. The number of amides is 1. The zero-order valence-corrected chi connectivity index (χ0v) is 11.0. The first-order chi connectivity index (χ1) is 9.95. The summed E-state index contributed by atoms with van der Waals surface area (Å²) in [5, 5.41) is 5.93. The smallest absolute Gasteiger partial charge is 0.354 e. The quantitative estimate of drug-likeness (QED) is 0.791. The monoisotopic (exact) mass is 301 g/mol. The van der Waals surface area contributed by atoms with Gasteiger partial charge in [-0.05, 0) is 12.5 Å². The van der Waals surface area contributed by atoms with Crippen molar-refractivity contribution in [3.8, 4) is 0 Å². The van der Waals surface area contributed by atoms with Gasteiger partial charge in [-0.2, -0.15) is 18.3 Å². The van der Waals surface area contributed by atoms with Gasteiger partial charge in [0.05, 0.1) is 0 Å². The number of imidazole rings is 1. The van der Waals surface area contributed by atoms with Gasteiger partial charge in [0.25, 0.3) is 0 Å². The van der Waals surface area contributed by atoms with Crippen LogP contribution in [-0.4, -0.2) is 32.2 Å². The molecule has 114 valence electrons. The fourth-order valence-corrected chi connectivity index (χ4v) is 1.72. The van der Waals surface area contributed by atoms with Crippen LogP contribution in [0.3, 0.4) is 0 Å². The number of hydrogen-bond acceptors (Lipinski definition) is 3. The Morgan fingerprint density at radius 2 is 2.24 bits per heavy atom. The second-order valence-corrected chi connectivity index (χ2v) is 4.39. The fourth-order valence-electron chi connectivity index (χ4n) is 1.72. The van der Waals surface area contributed by atoms with E-state index in [1.165, 1.54) is 0 Å². The van der Waals surface area contributed by atoms with Gasteiger partial charge in [-0.3, -0.25) is 9.48 Å². The number of aryl methyl sites for hydroxylation is 1. The lowest BCUT2D eigenvalue weighted by molar-refractivity contribution is -0.141. The highest BCUT2D eigenvalue weighted by molar-refractivity contribution is 5.75. The molecule has 0 saturated heterocycles. The zero-order valence-electron chi connectivity index (χ0n) is 11.0. The van der Waals surface area contributed by atoms with Gasteiger partial charge >= 0.3 is 6.18 Å². The molecular formula is C12H14F3N5O. The van der Waals surface area contributed by atoms with E-state index in [0.29, 0.717) is 19.4 Å². The first-order valence-electron chi connectivity index (χ1n) is 6.31. The first kappa shape index (κ1) is 15.1. The Morgan fingerprint density at radius 1 is 1.43 bits per heavy atom. The number of halogens is 3. The number of carbonyl (C=O) groups is 1. The van der Waals surface area contributed by atoms with Crippen LogP contribution in [0.15, 0.2) is 24.7 Å². The summed E-state index contributed by atoms with van der Waals surface area (Å²) in [5.74, 6) is 0.442. The molecular weight excluding hydrogens is 287 g/mol. The van der Waals surface area contributed by atoms with Gasteiger partial charge < -0.3 is 10.3 Å². The standard InChI is InChI=1S/C12H14F3N5O/c13-12(14,15)9-3-7-20(19-9)8-11(21)18-4-1-2-10-16-5-6-17-10/h3,5-7H,1-2,4,8H2,(H,16,17)(H,18,21). The summed E-state index contributed by atoms with van der Waals surface area (Å²) in [4.78, 5) is 18.5. The molecule has 2 aromatic rings. The van der Waals surface area contributed by atoms with E-state index in [2.05, 4.69) is 20.4 Å². The summed E-state index contributed by atoms with van der Waals surface area (Å²) in [7, 11) is 0. The second-order valence-electron chi connectivity index (χ2n) is 4.39. The van der Waals surface area contributed by atoms with Gasteiger partial charge in [0.2, 0.25) is 5.91 Å². The highest BCUT2D eigenvalue weighted by Gasteiger charge is 2.33. The minimum absolute atomic E-state index is 0.239. The Morgan fingerprint density at radius 3 is 2.86 bits per heavy atom. The van der Waals surface area contributed by atoms with Gasteiger partial charge in [-0.15, -0.1) is 0 Å². The van der Waals surface area contributed by atoms with Gasteiger partial charge in [-0.1, -0.05) is 0 Å². The van der Waals surface area contributed by atoms with Crippen molar-refractivity contribution >= 4 is 5.91 Å². The molecule has 0 bridgehead atoms. The second kappa shape index (κ2) is 6.42. The molecule has 0 unspecified atom stereocenters. The molecule has 0 radical (unpaired) electrons. The largest absolute Gasteiger partial charge is 0.435 e.